The van der Waals surface area contributed by atoms with Gasteiger partial charge in [0.25, 0.3) is 11.6 Å². The zero-order valence-electron chi connectivity index (χ0n) is 11.2. The number of hydrogen-bond acceptors (Lipinski definition) is 6. The Balaban J connectivity index is 2.85. The molecule has 110 valence electrons. The minimum Gasteiger partial charge on any atom is -0.392 e. The topological polar surface area (TPSA) is 128 Å². The number of aliphatic hydroxyl groups is 1. The summed E-state index contributed by atoms with van der Waals surface area (Å²) in [6.45, 7) is 1.71. The van der Waals surface area contributed by atoms with Crippen molar-refractivity contribution in [3.63, 3.8) is 0 Å². The second kappa shape index (κ2) is 7.62. The lowest BCUT2D eigenvalue weighted by Gasteiger charge is -2.06. The van der Waals surface area contributed by atoms with Crippen LogP contribution in [0.3, 0.4) is 0 Å². The minimum atomic E-state index is -0.773. The van der Waals surface area contributed by atoms with Crippen molar-refractivity contribution in [2.45, 2.75) is 13.0 Å². The van der Waals surface area contributed by atoms with E-state index in [4.69, 9.17) is 10.4 Å². The van der Waals surface area contributed by atoms with Gasteiger partial charge in [-0.2, -0.15) is 5.26 Å². The van der Waals surface area contributed by atoms with Crippen LogP contribution in [0.2, 0.25) is 0 Å². The van der Waals surface area contributed by atoms with Crippen LogP contribution in [0.15, 0.2) is 36.0 Å². The van der Waals surface area contributed by atoms with E-state index in [0.717, 1.165) is 6.20 Å². The molecule has 0 heterocycles. The molecule has 0 radical (unpaired) electrons. The molecule has 1 aromatic carbocycles. The van der Waals surface area contributed by atoms with Gasteiger partial charge in [0.2, 0.25) is 0 Å². The number of nitriles is 1. The maximum absolute atomic E-state index is 11.9. The van der Waals surface area contributed by atoms with Crippen LogP contribution in [0.4, 0.5) is 11.4 Å². The van der Waals surface area contributed by atoms with Gasteiger partial charge in [-0.3, -0.25) is 14.9 Å². The number of nitro groups is 1. The molecule has 0 spiro atoms. The molecule has 1 aromatic rings. The van der Waals surface area contributed by atoms with Crippen molar-refractivity contribution in [2.24, 2.45) is 0 Å². The summed E-state index contributed by atoms with van der Waals surface area (Å²) in [6.07, 6.45) is 0.510. The fraction of sp³-hybridized carbons (Fsp3) is 0.231. The number of nitrogens with zero attached hydrogens (tertiary/aromatic N) is 2. The number of anilines is 1. The van der Waals surface area contributed by atoms with E-state index in [0.29, 0.717) is 0 Å². The maximum atomic E-state index is 11.9. The molecule has 0 saturated heterocycles. The molecule has 0 saturated carbocycles. The van der Waals surface area contributed by atoms with Crippen LogP contribution in [0.1, 0.15) is 6.92 Å². The Morgan fingerprint density at radius 2 is 2.24 bits per heavy atom. The summed E-state index contributed by atoms with van der Waals surface area (Å²) in [5.41, 5.74) is -0.516. The summed E-state index contributed by atoms with van der Waals surface area (Å²) in [4.78, 5) is 22.1. The van der Waals surface area contributed by atoms with E-state index in [2.05, 4.69) is 10.6 Å². The molecule has 1 amide bonds. The second-order valence-corrected chi connectivity index (χ2v) is 4.16. The summed E-state index contributed by atoms with van der Waals surface area (Å²) < 4.78 is 0. The first-order valence-corrected chi connectivity index (χ1v) is 6.02. The molecule has 0 bridgehead atoms. The van der Waals surface area contributed by atoms with E-state index in [-0.39, 0.29) is 23.5 Å². The first kappa shape index (κ1) is 16.1. The first-order valence-electron chi connectivity index (χ1n) is 6.02. The number of hydrogen-bond donors (Lipinski definition) is 3. The van der Waals surface area contributed by atoms with Crippen LogP contribution < -0.4 is 10.6 Å². The quantitative estimate of drug-likeness (QED) is 0.309. The Kier molecular flexibility index (Phi) is 5.85. The number of benzene rings is 1. The molecule has 8 heteroatoms. The zero-order chi connectivity index (χ0) is 15.8. The predicted molar refractivity (Wildman–Crippen MR) is 75.1 cm³/mol. The van der Waals surface area contributed by atoms with Crippen molar-refractivity contribution in [3.05, 3.63) is 46.2 Å². The summed E-state index contributed by atoms with van der Waals surface area (Å²) in [5, 5.41) is 33.7. The van der Waals surface area contributed by atoms with Crippen LogP contribution in [0.5, 0.6) is 0 Å². The molecule has 3 N–H and O–H groups in total. The number of aliphatic hydroxyl groups excluding tert-OH is 1. The fourth-order valence-corrected chi connectivity index (χ4v) is 1.41. The molecule has 0 aliphatic heterocycles. The van der Waals surface area contributed by atoms with E-state index < -0.39 is 16.9 Å². The average molecular weight is 290 g/mol. The molecule has 1 unspecified atom stereocenters. The molecule has 1 rings (SSSR count). The van der Waals surface area contributed by atoms with Gasteiger partial charge in [-0.1, -0.05) is 12.1 Å². The third-order valence-corrected chi connectivity index (χ3v) is 2.37. The second-order valence-electron chi connectivity index (χ2n) is 4.16. The summed E-state index contributed by atoms with van der Waals surface area (Å²) >= 11 is 0. The molecule has 0 fully saturated rings. The molecule has 1 atom stereocenters. The largest absolute Gasteiger partial charge is 0.392 e. The van der Waals surface area contributed by atoms with Gasteiger partial charge in [0.05, 0.1) is 11.0 Å². The molecular formula is C13H14N4O4. The standard InChI is InChI=1S/C13H14N4O4/c1-9(18)7-15-8-10(6-14)13(19)16-11-4-2-3-5-12(11)17(20)21/h2-5,8-9,15,18H,7H2,1H3,(H,16,19)/b10-8-. The molecule has 0 aliphatic carbocycles. The monoisotopic (exact) mass is 290 g/mol. The normalized spacial score (nSPS) is 12.1. The van der Waals surface area contributed by atoms with Crippen molar-refractivity contribution in [3.8, 4) is 6.07 Å². The third kappa shape index (κ3) is 4.93. The average Bonchev–Trinajstić information content (AvgIpc) is 2.43. The Morgan fingerprint density at radius 1 is 1.57 bits per heavy atom. The fourth-order valence-electron chi connectivity index (χ4n) is 1.41. The maximum Gasteiger partial charge on any atom is 0.292 e. The molecule has 0 aliphatic rings. The van der Waals surface area contributed by atoms with Crippen LogP contribution in [-0.2, 0) is 4.79 Å². The van der Waals surface area contributed by atoms with E-state index in [1.165, 1.54) is 24.3 Å². The number of carbonyl (C=O) groups excluding carboxylic acids is 1. The lowest BCUT2D eigenvalue weighted by atomic mass is 10.2. The Hall–Kier alpha value is -2.92. The van der Waals surface area contributed by atoms with Crippen molar-refractivity contribution in [2.75, 3.05) is 11.9 Å². The summed E-state index contributed by atoms with van der Waals surface area (Å²) in [6, 6.07) is 7.30. The van der Waals surface area contributed by atoms with Crippen molar-refractivity contribution < 1.29 is 14.8 Å². The highest BCUT2D eigenvalue weighted by atomic mass is 16.6. The summed E-state index contributed by atoms with van der Waals surface area (Å²) in [7, 11) is 0. The highest BCUT2D eigenvalue weighted by Crippen LogP contribution is 2.23. The lowest BCUT2D eigenvalue weighted by Crippen LogP contribution is -2.22. The van der Waals surface area contributed by atoms with Gasteiger partial charge >= 0.3 is 0 Å². The van der Waals surface area contributed by atoms with Crippen molar-refractivity contribution in [1.29, 1.82) is 5.26 Å². The number of rotatable bonds is 6. The van der Waals surface area contributed by atoms with E-state index in [9.17, 15) is 14.9 Å². The van der Waals surface area contributed by atoms with Gasteiger partial charge in [0, 0.05) is 18.8 Å². The Bertz CT molecular complexity index is 604. The lowest BCUT2D eigenvalue weighted by molar-refractivity contribution is -0.383. The van der Waals surface area contributed by atoms with Crippen LogP contribution >= 0.6 is 0 Å². The number of para-hydroxylation sites is 2. The highest BCUT2D eigenvalue weighted by Gasteiger charge is 2.17. The zero-order valence-corrected chi connectivity index (χ0v) is 11.2. The molecule has 8 nitrogen and oxygen atoms in total. The Morgan fingerprint density at radius 3 is 2.81 bits per heavy atom. The SMILES string of the molecule is CC(O)CN/C=C(/C#N)C(=O)Nc1ccccc1[N+](=O)[O-]. The van der Waals surface area contributed by atoms with Gasteiger partial charge in [-0.05, 0) is 13.0 Å². The minimum absolute atomic E-state index is 0.00387. The molecular weight excluding hydrogens is 276 g/mol. The number of nitrogens with one attached hydrogen (secondary N) is 2. The number of amides is 1. The van der Waals surface area contributed by atoms with Crippen LogP contribution in [-0.4, -0.2) is 28.6 Å². The van der Waals surface area contributed by atoms with Crippen molar-refractivity contribution in [1.82, 2.24) is 5.32 Å². The van der Waals surface area contributed by atoms with E-state index in [1.807, 2.05) is 0 Å². The van der Waals surface area contributed by atoms with Gasteiger partial charge in [0.15, 0.2) is 0 Å². The number of nitro benzene ring substituents is 1. The molecule has 21 heavy (non-hydrogen) atoms. The predicted octanol–water partition coefficient (Wildman–Crippen LogP) is 0.911. The smallest absolute Gasteiger partial charge is 0.292 e. The van der Waals surface area contributed by atoms with Crippen LogP contribution in [0.25, 0.3) is 0 Å². The summed E-state index contributed by atoms with van der Waals surface area (Å²) in [5.74, 6) is -0.773. The highest BCUT2D eigenvalue weighted by molar-refractivity contribution is 6.07. The van der Waals surface area contributed by atoms with E-state index >= 15 is 0 Å². The van der Waals surface area contributed by atoms with Gasteiger partial charge in [-0.25, -0.2) is 0 Å². The van der Waals surface area contributed by atoms with Crippen molar-refractivity contribution >= 4 is 17.3 Å². The third-order valence-electron chi connectivity index (χ3n) is 2.37. The van der Waals surface area contributed by atoms with E-state index in [1.54, 1.807) is 13.0 Å². The first-order chi connectivity index (χ1) is 9.95. The van der Waals surface area contributed by atoms with Gasteiger partial charge in [0.1, 0.15) is 17.3 Å². The van der Waals surface area contributed by atoms with Gasteiger partial charge in [-0.15, -0.1) is 0 Å². The molecule has 0 aromatic heterocycles. The number of carbonyl (C=O) groups is 1. The Labute approximate surface area is 120 Å². The van der Waals surface area contributed by atoms with Crippen LogP contribution in [0, 0.1) is 21.4 Å². The van der Waals surface area contributed by atoms with Gasteiger partial charge < -0.3 is 15.7 Å².